The molecular formula is C16H26FNO2. The molecule has 1 aromatic carbocycles. The third kappa shape index (κ3) is 4.18. The number of rotatable bonds is 8. The first kappa shape index (κ1) is 16.9. The van der Waals surface area contributed by atoms with E-state index < -0.39 is 0 Å². The highest BCUT2D eigenvalue weighted by Gasteiger charge is 2.25. The van der Waals surface area contributed by atoms with Crippen LogP contribution in [0.4, 0.5) is 4.39 Å². The maximum absolute atomic E-state index is 14.2. The highest BCUT2D eigenvalue weighted by molar-refractivity contribution is 5.31. The van der Waals surface area contributed by atoms with Gasteiger partial charge in [0.25, 0.3) is 0 Å². The number of nitrogens with one attached hydrogen (secondary N) is 1. The number of methoxy groups -OCH3 is 1. The van der Waals surface area contributed by atoms with E-state index >= 15 is 0 Å². The van der Waals surface area contributed by atoms with Crippen molar-refractivity contribution in [1.82, 2.24) is 5.32 Å². The van der Waals surface area contributed by atoms with Crippen molar-refractivity contribution in [2.45, 2.75) is 39.3 Å². The van der Waals surface area contributed by atoms with Gasteiger partial charge in [0.15, 0.2) is 11.6 Å². The fraction of sp³-hybridized carbons (Fsp3) is 0.625. The standard InChI is InChI=1S/C16H26FNO2/c1-6-20-16(11(2)3)13(18-4)10-12-8-7-9-14(19-5)15(12)17/h7-9,11,13,16,18H,6,10H2,1-5H3. The lowest BCUT2D eigenvalue weighted by atomic mass is 9.93. The summed E-state index contributed by atoms with van der Waals surface area (Å²) in [6, 6.07) is 5.31. The second-order valence-corrected chi connectivity index (χ2v) is 5.20. The number of ether oxygens (including phenoxy) is 2. The molecule has 0 saturated heterocycles. The molecule has 2 atom stereocenters. The summed E-state index contributed by atoms with van der Waals surface area (Å²) < 4.78 is 25.1. The molecule has 1 N–H and O–H groups in total. The Morgan fingerprint density at radius 3 is 2.50 bits per heavy atom. The molecule has 0 radical (unpaired) electrons. The van der Waals surface area contributed by atoms with Crippen LogP contribution in [0, 0.1) is 11.7 Å². The third-order valence-corrected chi connectivity index (χ3v) is 3.49. The second kappa shape index (κ2) is 8.22. The zero-order valence-corrected chi connectivity index (χ0v) is 13.1. The van der Waals surface area contributed by atoms with Gasteiger partial charge >= 0.3 is 0 Å². The molecule has 20 heavy (non-hydrogen) atoms. The Bertz CT molecular complexity index is 409. The van der Waals surface area contributed by atoms with Crippen LogP contribution < -0.4 is 10.1 Å². The maximum atomic E-state index is 14.2. The quantitative estimate of drug-likeness (QED) is 0.795. The summed E-state index contributed by atoms with van der Waals surface area (Å²) in [6.07, 6.45) is 0.623. The predicted octanol–water partition coefficient (Wildman–Crippen LogP) is 3.03. The minimum absolute atomic E-state index is 0.0515. The van der Waals surface area contributed by atoms with E-state index in [1.54, 1.807) is 12.1 Å². The van der Waals surface area contributed by atoms with Crippen LogP contribution in [-0.4, -0.2) is 32.9 Å². The van der Waals surface area contributed by atoms with E-state index in [4.69, 9.17) is 9.47 Å². The lowest BCUT2D eigenvalue weighted by Crippen LogP contribution is -2.44. The average Bonchev–Trinajstić information content (AvgIpc) is 2.44. The third-order valence-electron chi connectivity index (χ3n) is 3.49. The molecule has 0 aliphatic carbocycles. The Hall–Kier alpha value is -1.13. The van der Waals surface area contributed by atoms with Crippen molar-refractivity contribution in [2.75, 3.05) is 20.8 Å². The summed E-state index contributed by atoms with van der Waals surface area (Å²) in [5.41, 5.74) is 0.647. The molecule has 1 aromatic rings. The topological polar surface area (TPSA) is 30.5 Å². The molecule has 3 nitrogen and oxygen atoms in total. The molecule has 0 aliphatic heterocycles. The van der Waals surface area contributed by atoms with Gasteiger partial charge in [-0.05, 0) is 37.9 Å². The van der Waals surface area contributed by atoms with Gasteiger partial charge < -0.3 is 14.8 Å². The minimum Gasteiger partial charge on any atom is -0.494 e. The van der Waals surface area contributed by atoms with E-state index in [0.717, 1.165) is 0 Å². The van der Waals surface area contributed by atoms with Crippen molar-refractivity contribution in [3.8, 4) is 5.75 Å². The molecule has 1 rings (SSSR count). The van der Waals surface area contributed by atoms with Gasteiger partial charge in [-0.25, -0.2) is 4.39 Å². The van der Waals surface area contributed by atoms with Gasteiger partial charge in [-0.3, -0.25) is 0 Å². The minimum atomic E-state index is -0.283. The fourth-order valence-corrected chi connectivity index (χ4v) is 2.46. The molecule has 4 heteroatoms. The molecule has 0 heterocycles. The van der Waals surface area contributed by atoms with Crippen molar-refractivity contribution in [1.29, 1.82) is 0 Å². The maximum Gasteiger partial charge on any atom is 0.168 e. The zero-order chi connectivity index (χ0) is 15.1. The molecule has 0 bridgehead atoms. The second-order valence-electron chi connectivity index (χ2n) is 5.20. The van der Waals surface area contributed by atoms with E-state index in [1.165, 1.54) is 7.11 Å². The Kier molecular flexibility index (Phi) is 6.96. The first-order chi connectivity index (χ1) is 9.54. The van der Waals surface area contributed by atoms with Gasteiger partial charge in [-0.1, -0.05) is 26.0 Å². The van der Waals surface area contributed by atoms with Crippen molar-refractivity contribution < 1.29 is 13.9 Å². The van der Waals surface area contributed by atoms with Crippen molar-refractivity contribution in [2.24, 2.45) is 5.92 Å². The molecular weight excluding hydrogens is 257 g/mol. The molecule has 0 fully saturated rings. The van der Waals surface area contributed by atoms with E-state index in [1.807, 2.05) is 20.0 Å². The van der Waals surface area contributed by atoms with Crippen LogP contribution in [0.5, 0.6) is 5.75 Å². The van der Waals surface area contributed by atoms with Crippen LogP contribution in [-0.2, 0) is 11.2 Å². The Morgan fingerprint density at radius 1 is 1.30 bits per heavy atom. The van der Waals surface area contributed by atoms with Crippen LogP contribution in [0.1, 0.15) is 26.3 Å². The first-order valence-electron chi connectivity index (χ1n) is 7.15. The highest BCUT2D eigenvalue weighted by atomic mass is 19.1. The summed E-state index contributed by atoms with van der Waals surface area (Å²) in [7, 11) is 3.37. The molecule has 0 aliphatic rings. The molecule has 0 spiro atoms. The van der Waals surface area contributed by atoms with Crippen molar-refractivity contribution in [3.63, 3.8) is 0 Å². The molecule has 0 saturated carbocycles. The van der Waals surface area contributed by atoms with Crippen LogP contribution in [0.3, 0.4) is 0 Å². The number of hydrogen-bond acceptors (Lipinski definition) is 3. The number of benzene rings is 1. The Morgan fingerprint density at radius 2 is 2.00 bits per heavy atom. The Labute approximate surface area is 121 Å². The van der Waals surface area contributed by atoms with Gasteiger partial charge in [0, 0.05) is 12.6 Å². The summed E-state index contributed by atoms with van der Waals surface area (Å²) in [6.45, 7) is 6.87. The van der Waals surface area contributed by atoms with E-state index in [9.17, 15) is 4.39 Å². The number of halogens is 1. The number of likely N-dealkylation sites (N-methyl/N-ethyl adjacent to an activating group) is 1. The molecule has 114 valence electrons. The monoisotopic (exact) mass is 283 g/mol. The lowest BCUT2D eigenvalue weighted by Gasteiger charge is -2.30. The van der Waals surface area contributed by atoms with Crippen LogP contribution in [0.15, 0.2) is 18.2 Å². The van der Waals surface area contributed by atoms with Gasteiger partial charge in [0.1, 0.15) is 0 Å². The normalized spacial score (nSPS) is 14.3. The Balaban J connectivity index is 2.92. The van der Waals surface area contributed by atoms with E-state index in [2.05, 4.69) is 19.2 Å². The van der Waals surface area contributed by atoms with Gasteiger partial charge in [-0.15, -0.1) is 0 Å². The average molecular weight is 283 g/mol. The van der Waals surface area contributed by atoms with Gasteiger partial charge in [-0.2, -0.15) is 0 Å². The summed E-state index contributed by atoms with van der Waals surface area (Å²) >= 11 is 0. The van der Waals surface area contributed by atoms with Crippen LogP contribution >= 0.6 is 0 Å². The zero-order valence-electron chi connectivity index (χ0n) is 13.1. The van der Waals surface area contributed by atoms with Crippen molar-refractivity contribution in [3.05, 3.63) is 29.6 Å². The predicted molar refractivity (Wildman–Crippen MR) is 79.8 cm³/mol. The van der Waals surface area contributed by atoms with E-state index in [0.29, 0.717) is 24.5 Å². The highest BCUT2D eigenvalue weighted by Crippen LogP contribution is 2.23. The summed E-state index contributed by atoms with van der Waals surface area (Å²) in [5, 5.41) is 3.25. The summed E-state index contributed by atoms with van der Waals surface area (Å²) in [4.78, 5) is 0. The molecule has 2 unspecified atom stereocenters. The molecule has 0 aromatic heterocycles. The van der Waals surface area contributed by atoms with E-state index in [-0.39, 0.29) is 23.7 Å². The lowest BCUT2D eigenvalue weighted by molar-refractivity contribution is 0.00517. The smallest absolute Gasteiger partial charge is 0.168 e. The van der Waals surface area contributed by atoms with Gasteiger partial charge in [0.05, 0.1) is 13.2 Å². The summed E-state index contributed by atoms with van der Waals surface area (Å²) in [5.74, 6) is 0.366. The largest absolute Gasteiger partial charge is 0.494 e. The van der Waals surface area contributed by atoms with Crippen LogP contribution in [0.2, 0.25) is 0 Å². The molecule has 0 amide bonds. The first-order valence-corrected chi connectivity index (χ1v) is 7.15. The van der Waals surface area contributed by atoms with Crippen molar-refractivity contribution >= 4 is 0 Å². The number of hydrogen-bond donors (Lipinski definition) is 1. The fourth-order valence-electron chi connectivity index (χ4n) is 2.46. The SMILES string of the molecule is CCOC(C(C)C)C(Cc1cccc(OC)c1F)NC. The van der Waals surface area contributed by atoms with Crippen LogP contribution in [0.25, 0.3) is 0 Å². The van der Waals surface area contributed by atoms with Gasteiger partial charge in [0.2, 0.25) is 0 Å².